The molecule has 5 nitrogen and oxygen atoms in total. The van der Waals surface area contributed by atoms with Crippen LogP contribution in [0.2, 0.25) is 0 Å². The molecule has 4 N–H and O–H groups in total. The molecule has 1 aromatic carbocycles. The highest BCUT2D eigenvalue weighted by Crippen LogP contribution is 2.20. The summed E-state index contributed by atoms with van der Waals surface area (Å²) in [6.45, 7) is 2.07. The highest BCUT2D eigenvalue weighted by atomic mass is 32.2. The molecule has 1 heterocycles. The van der Waals surface area contributed by atoms with Crippen LogP contribution in [0.5, 0.6) is 0 Å². The normalized spacial score (nSPS) is 12.1. The number of carbonyl (C=O) groups is 1. The molecule has 0 saturated carbocycles. The van der Waals surface area contributed by atoms with Crippen LogP contribution in [-0.2, 0) is 0 Å². The maximum atomic E-state index is 12.6. The predicted octanol–water partition coefficient (Wildman–Crippen LogP) is 2.39. The first-order chi connectivity index (χ1) is 10.2. The molecule has 2 aromatic rings. The van der Waals surface area contributed by atoms with E-state index in [0.717, 1.165) is 23.1 Å². The Bertz CT molecular complexity index is 632. The van der Waals surface area contributed by atoms with Crippen LogP contribution in [0.3, 0.4) is 0 Å². The first-order valence-corrected chi connectivity index (χ1v) is 8.25. The van der Waals surface area contributed by atoms with Gasteiger partial charge in [0.25, 0.3) is 5.91 Å². The van der Waals surface area contributed by atoms with Crippen LogP contribution in [0.25, 0.3) is 10.9 Å². The second-order valence-corrected chi connectivity index (χ2v) is 5.66. The molecule has 0 saturated heterocycles. The highest BCUT2D eigenvalue weighted by molar-refractivity contribution is 7.98. The molecule has 2 rings (SSSR count). The van der Waals surface area contributed by atoms with Crippen molar-refractivity contribution in [3.05, 3.63) is 35.9 Å². The molecular weight excluding hydrogens is 284 g/mol. The third-order valence-electron chi connectivity index (χ3n) is 3.30. The number of para-hydroxylation sites is 1. The van der Waals surface area contributed by atoms with E-state index in [4.69, 9.17) is 5.84 Å². The Balaban J connectivity index is 2.37. The van der Waals surface area contributed by atoms with Crippen LogP contribution >= 0.6 is 11.8 Å². The number of hydrogen-bond donors (Lipinski definition) is 3. The summed E-state index contributed by atoms with van der Waals surface area (Å²) >= 11 is 1.72. The van der Waals surface area contributed by atoms with Crippen molar-refractivity contribution in [2.24, 2.45) is 5.84 Å². The molecule has 1 amide bonds. The minimum absolute atomic E-state index is 0.0917. The molecule has 112 valence electrons. The number of anilines is 1. The van der Waals surface area contributed by atoms with Gasteiger partial charge in [-0.1, -0.05) is 25.1 Å². The van der Waals surface area contributed by atoms with Gasteiger partial charge in [-0.3, -0.25) is 4.79 Å². The fourth-order valence-corrected chi connectivity index (χ4v) is 2.88. The maximum Gasteiger partial charge on any atom is 0.252 e. The van der Waals surface area contributed by atoms with Crippen LogP contribution < -0.4 is 16.6 Å². The molecule has 1 atom stereocenters. The van der Waals surface area contributed by atoms with E-state index in [1.807, 2.05) is 30.5 Å². The number of carbonyl (C=O) groups excluding carboxylic acids is 1. The lowest BCUT2D eigenvalue weighted by Crippen LogP contribution is -2.36. The van der Waals surface area contributed by atoms with Crippen LogP contribution in [0.4, 0.5) is 5.82 Å². The van der Waals surface area contributed by atoms with Gasteiger partial charge in [-0.2, -0.15) is 11.8 Å². The lowest BCUT2D eigenvalue weighted by Gasteiger charge is -2.17. The van der Waals surface area contributed by atoms with Crippen molar-refractivity contribution in [3.8, 4) is 0 Å². The summed E-state index contributed by atoms with van der Waals surface area (Å²) in [5, 5.41) is 3.90. The minimum Gasteiger partial charge on any atom is -0.348 e. The SMILES string of the molecule is CCC(CSC)NC(=O)c1cc(NN)nc2ccccc12. The number of nitrogens with zero attached hydrogens (tertiary/aromatic N) is 1. The molecule has 0 fully saturated rings. The van der Waals surface area contributed by atoms with Gasteiger partial charge in [0.05, 0.1) is 11.1 Å². The monoisotopic (exact) mass is 304 g/mol. The number of hydrogen-bond acceptors (Lipinski definition) is 5. The predicted molar refractivity (Wildman–Crippen MR) is 89.5 cm³/mol. The summed E-state index contributed by atoms with van der Waals surface area (Å²) < 4.78 is 0. The van der Waals surface area contributed by atoms with E-state index in [9.17, 15) is 4.79 Å². The molecule has 0 aliphatic heterocycles. The summed E-state index contributed by atoms with van der Waals surface area (Å²) in [7, 11) is 0. The van der Waals surface area contributed by atoms with Gasteiger partial charge in [0, 0.05) is 17.2 Å². The topological polar surface area (TPSA) is 80.0 Å². The summed E-state index contributed by atoms with van der Waals surface area (Å²) in [5.41, 5.74) is 3.85. The Morgan fingerprint density at radius 3 is 2.86 bits per heavy atom. The van der Waals surface area contributed by atoms with E-state index in [0.29, 0.717) is 11.4 Å². The van der Waals surface area contributed by atoms with Gasteiger partial charge in [0.1, 0.15) is 5.82 Å². The van der Waals surface area contributed by atoms with Gasteiger partial charge < -0.3 is 10.7 Å². The van der Waals surface area contributed by atoms with Crippen molar-refractivity contribution >= 4 is 34.4 Å². The Hall–Kier alpha value is -1.79. The molecule has 6 heteroatoms. The lowest BCUT2D eigenvalue weighted by atomic mass is 10.1. The number of aromatic nitrogens is 1. The Morgan fingerprint density at radius 2 is 2.19 bits per heavy atom. The number of hydrazine groups is 1. The van der Waals surface area contributed by atoms with Crippen molar-refractivity contribution in [2.75, 3.05) is 17.4 Å². The number of rotatable bonds is 6. The number of fused-ring (bicyclic) bond motifs is 1. The maximum absolute atomic E-state index is 12.6. The summed E-state index contributed by atoms with van der Waals surface area (Å²) in [6.07, 6.45) is 2.94. The number of nitrogens with one attached hydrogen (secondary N) is 2. The summed E-state index contributed by atoms with van der Waals surface area (Å²) in [4.78, 5) is 16.9. The van der Waals surface area contributed by atoms with Crippen molar-refractivity contribution in [2.45, 2.75) is 19.4 Å². The fourth-order valence-electron chi connectivity index (χ4n) is 2.16. The van der Waals surface area contributed by atoms with Crippen LogP contribution in [-0.4, -0.2) is 28.9 Å². The molecular formula is C15H20N4OS. The number of pyridine rings is 1. The van der Waals surface area contributed by atoms with Gasteiger partial charge in [-0.15, -0.1) is 0 Å². The van der Waals surface area contributed by atoms with E-state index < -0.39 is 0 Å². The van der Waals surface area contributed by atoms with E-state index in [1.54, 1.807) is 17.8 Å². The summed E-state index contributed by atoms with van der Waals surface area (Å²) in [6, 6.07) is 9.40. The first-order valence-electron chi connectivity index (χ1n) is 6.85. The second-order valence-electron chi connectivity index (χ2n) is 4.75. The van der Waals surface area contributed by atoms with Gasteiger partial charge in [-0.05, 0) is 24.8 Å². The number of nitrogen functional groups attached to an aromatic ring is 1. The third-order valence-corrected chi connectivity index (χ3v) is 4.04. The Morgan fingerprint density at radius 1 is 1.43 bits per heavy atom. The van der Waals surface area contributed by atoms with Crippen molar-refractivity contribution in [3.63, 3.8) is 0 Å². The average Bonchev–Trinajstić information content (AvgIpc) is 2.53. The number of nitrogens with two attached hydrogens (primary N) is 1. The van der Waals surface area contributed by atoms with Crippen molar-refractivity contribution in [1.82, 2.24) is 10.3 Å². The molecule has 0 spiro atoms. The molecule has 1 unspecified atom stereocenters. The Kier molecular flexibility index (Phi) is 5.41. The zero-order valence-corrected chi connectivity index (χ0v) is 13.0. The third kappa shape index (κ3) is 3.65. The van der Waals surface area contributed by atoms with Crippen molar-refractivity contribution < 1.29 is 4.79 Å². The van der Waals surface area contributed by atoms with Crippen molar-refractivity contribution in [1.29, 1.82) is 0 Å². The van der Waals surface area contributed by atoms with Gasteiger partial charge in [0.15, 0.2) is 0 Å². The quantitative estimate of drug-likeness (QED) is 0.564. The smallest absolute Gasteiger partial charge is 0.252 e. The molecule has 21 heavy (non-hydrogen) atoms. The molecule has 0 bridgehead atoms. The number of benzene rings is 1. The molecule has 0 aliphatic carbocycles. The van der Waals surface area contributed by atoms with Crippen LogP contribution in [0.15, 0.2) is 30.3 Å². The lowest BCUT2D eigenvalue weighted by molar-refractivity contribution is 0.0941. The molecule has 0 radical (unpaired) electrons. The van der Waals surface area contributed by atoms with Gasteiger partial charge in [0.2, 0.25) is 0 Å². The van der Waals surface area contributed by atoms with E-state index >= 15 is 0 Å². The van der Waals surface area contributed by atoms with E-state index in [-0.39, 0.29) is 11.9 Å². The zero-order chi connectivity index (χ0) is 15.2. The zero-order valence-electron chi connectivity index (χ0n) is 12.2. The largest absolute Gasteiger partial charge is 0.348 e. The summed E-state index contributed by atoms with van der Waals surface area (Å²) in [5.74, 6) is 6.73. The average molecular weight is 304 g/mol. The standard InChI is InChI=1S/C15H20N4OS/c1-3-10(9-21-2)17-15(20)12-8-14(19-16)18-13-7-5-4-6-11(12)13/h4-8,10H,3,9,16H2,1-2H3,(H,17,20)(H,18,19). The Labute approximate surface area is 128 Å². The van der Waals surface area contributed by atoms with E-state index in [1.165, 1.54) is 0 Å². The van der Waals surface area contributed by atoms with Crippen LogP contribution in [0.1, 0.15) is 23.7 Å². The van der Waals surface area contributed by atoms with Gasteiger partial charge in [-0.25, -0.2) is 10.8 Å². The highest BCUT2D eigenvalue weighted by Gasteiger charge is 2.15. The number of amides is 1. The van der Waals surface area contributed by atoms with E-state index in [2.05, 4.69) is 22.7 Å². The van der Waals surface area contributed by atoms with Crippen LogP contribution in [0, 0.1) is 0 Å². The molecule has 0 aliphatic rings. The van der Waals surface area contributed by atoms with Gasteiger partial charge >= 0.3 is 0 Å². The first kappa shape index (κ1) is 15.6. The fraction of sp³-hybridized carbons (Fsp3) is 0.333. The number of thioether (sulfide) groups is 1. The minimum atomic E-state index is -0.0917. The molecule has 1 aromatic heterocycles. The second kappa shape index (κ2) is 7.28.